The molecule has 1 saturated carbocycles. The zero-order valence-corrected chi connectivity index (χ0v) is 27.2. The molecular formula is C32H45FN6O5S. The lowest BCUT2D eigenvalue weighted by Gasteiger charge is -2.36. The first-order valence-corrected chi connectivity index (χ1v) is 16.4. The lowest BCUT2D eigenvalue weighted by atomic mass is 9.85. The summed E-state index contributed by atoms with van der Waals surface area (Å²) in [5.74, 6) is -2.21. The number of rotatable bonds is 13. The third-order valence-electron chi connectivity index (χ3n) is 8.33. The van der Waals surface area contributed by atoms with Gasteiger partial charge in [0.05, 0.1) is 34.6 Å². The topological polar surface area (TPSA) is 167 Å². The van der Waals surface area contributed by atoms with Crippen LogP contribution >= 0.6 is 11.3 Å². The number of aromatic nitrogens is 1. The number of nitrogens with one attached hydrogen (secondary N) is 3. The normalized spacial score (nSPS) is 20.3. The van der Waals surface area contributed by atoms with E-state index in [4.69, 9.17) is 5.73 Å². The van der Waals surface area contributed by atoms with E-state index in [1.807, 2.05) is 31.2 Å². The number of hydrogen-bond donors (Lipinski definition) is 5. The van der Waals surface area contributed by atoms with Crippen molar-refractivity contribution in [2.24, 2.45) is 11.1 Å². The fourth-order valence-corrected chi connectivity index (χ4v) is 6.25. The number of aliphatic hydroxyl groups is 1. The molecule has 2 aromatic rings. The van der Waals surface area contributed by atoms with Crippen LogP contribution in [-0.2, 0) is 19.2 Å². The molecule has 0 spiro atoms. The van der Waals surface area contributed by atoms with Gasteiger partial charge in [0.25, 0.3) is 5.91 Å². The van der Waals surface area contributed by atoms with Gasteiger partial charge in [-0.1, -0.05) is 45.0 Å². The Hall–Kier alpha value is -3.42. The standard InChI is InChI=1S/C32H45FN6O5S/c1-19-26(45-18-36-19)21-9-7-20(8-10-21)23(16-25(41)35-14-6-5-13-34)37-28(42)24-15-22(40)17-39(24)29(43)27(31(2,3)4)38-30(44)32(33)11-12-32/h7-10,18,22-24,27,40H,5-6,11-17,34H2,1-4H3,(H,35,41)(H,37,42)(H,38,44)/t22-,23+,24+,27-/m1/s1. The molecule has 4 amide bonds. The van der Waals surface area contributed by atoms with Crippen molar-refractivity contribution in [3.05, 3.63) is 41.0 Å². The van der Waals surface area contributed by atoms with Gasteiger partial charge in [-0.2, -0.15) is 0 Å². The summed E-state index contributed by atoms with van der Waals surface area (Å²) in [6, 6.07) is 4.64. The van der Waals surface area contributed by atoms with E-state index in [1.54, 1.807) is 26.3 Å². The fraction of sp³-hybridized carbons (Fsp3) is 0.594. The first-order chi connectivity index (χ1) is 21.2. The summed E-state index contributed by atoms with van der Waals surface area (Å²) in [6.07, 6.45) is 0.674. The average Bonchev–Trinajstić information content (AvgIpc) is 3.39. The molecule has 1 aliphatic carbocycles. The average molecular weight is 645 g/mol. The van der Waals surface area contributed by atoms with Crippen molar-refractivity contribution in [1.29, 1.82) is 0 Å². The molecule has 4 rings (SSSR count). The van der Waals surface area contributed by atoms with Crippen LogP contribution in [0.1, 0.15) is 76.6 Å². The van der Waals surface area contributed by atoms with E-state index in [0.717, 1.165) is 29.0 Å². The van der Waals surface area contributed by atoms with Gasteiger partial charge in [0.1, 0.15) is 12.1 Å². The number of thiazole rings is 1. The molecule has 1 aromatic heterocycles. The lowest BCUT2D eigenvalue weighted by molar-refractivity contribution is -0.145. The van der Waals surface area contributed by atoms with Gasteiger partial charge < -0.3 is 31.7 Å². The molecule has 11 nitrogen and oxygen atoms in total. The summed E-state index contributed by atoms with van der Waals surface area (Å²) in [5, 5.41) is 19.0. The number of aliphatic hydroxyl groups excluding tert-OH is 1. The van der Waals surface area contributed by atoms with Gasteiger partial charge in [-0.3, -0.25) is 19.2 Å². The van der Waals surface area contributed by atoms with Gasteiger partial charge in [0.15, 0.2) is 5.67 Å². The maximum Gasteiger partial charge on any atom is 0.258 e. The minimum Gasteiger partial charge on any atom is -0.391 e. The quantitative estimate of drug-likeness (QED) is 0.209. The number of amides is 4. The van der Waals surface area contributed by atoms with E-state index in [0.29, 0.717) is 18.7 Å². The van der Waals surface area contributed by atoms with E-state index in [2.05, 4.69) is 20.9 Å². The molecule has 4 atom stereocenters. The van der Waals surface area contributed by atoms with Crippen molar-refractivity contribution in [1.82, 2.24) is 25.8 Å². The first-order valence-electron chi connectivity index (χ1n) is 15.5. The van der Waals surface area contributed by atoms with Gasteiger partial charge in [-0.05, 0) is 55.7 Å². The Balaban J connectivity index is 1.54. The Labute approximate surface area is 267 Å². The predicted octanol–water partition coefficient (Wildman–Crippen LogP) is 2.52. The van der Waals surface area contributed by atoms with Crippen LogP contribution in [-0.4, -0.2) is 82.1 Å². The van der Waals surface area contributed by atoms with Gasteiger partial charge >= 0.3 is 0 Å². The Kier molecular flexibility index (Phi) is 11.0. The Morgan fingerprint density at radius 2 is 1.84 bits per heavy atom. The monoisotopic (exact) mass is 644 g/mol. The maximum absolute atomic E-state index is 14.5. The summed E-state index contributed by atoms with van der Waals surface area (Å²) in [7, 11) is 0. The highest BCUT2D eigenvalue weighted by atomic mass is 32.1. The highest BCUT2D eigenvalue weighted by Crippen LogP contribution is 2.40. The maximum atomic E-state index is 14.5. The molecule has 0 unspecified atom stereocenters. The number of unbranched alkanes of at least 4 members (excludes halogenated alkanes) is 1. The molecule has 246 valence electrons. The van der Waals surface area contributed by atoms with Gasteiger partial charge in [-0.15, -0.1) is 11.3 Å². The molecule has 1 saturated heterocycles. The Morgan fingerprint density at radius 1 is 1.16 bits per heavy atom. The van der Waals surface area contributed by atoms with Crippen LogP contribution < -0.4 is 21.7 Å². The van der Waals surface area contributed by atoms with E-state index in [-0.39, 0.29) is 38.1 Å². The SMILES string of the molecule is Cc1ncsc1-c1ccc([C@H](CC(=O)NCCCCN)NC(=O)[C@@H]2C[C@@H](O)CN2C(=O)[C@@H](NC(=O)C2(F)CC2)C(C)(C)C)cc1. The van der Waals surface area contributed by atoms with E-state index < -0.39 is 53.0 Å². The highest BCUT2D eigenvalue weighted by Gasteiger charge is 2.53. The van der Waals surface area contributed by atoms with Crippen molar-refractivity contribution in [3.8, 4) is 10.4 Å². The zero-order chi connectivity index (χ0) is 32.9. The predicted molar refractivity (Wildman–Crippen MR) is 170 cm³/mol. The number of halogens is 1. The number of nitrogens with two attached hydrogens (primary N) is 1. The second kappa shape index (κ2) is 14.3. The number of benzene rings is 1. The summed E-state index contributed by atoms with van der Waals surface area (Å²) < 4.78 is 14.5. The molecule has 0 radical (unpaired) electrons. The number of nitrogens with zero attached hydrogens (tertiary/aromatic N) is 2. The molecular weight excluding hydrogens is 599 g/mol. The van der Waals surface area contributed by atoms with Crippen LogP contribution in [0, 0.1) is 12.3 Å². The second-order valence-corrected chi connectivity index (χ2v) is 14.0. The molecule has 45 heavy (non-hydrogen) atoms. The summed E-state index contributed by atoms with van der Waals surface area (Å²) in [4.78, 5) is 59.8. The largest absolute Gasteiger partial charge is 0.391 e. The zero-order valence-electron chi connectivity index (χ0n) is 26.4. The molecule has 1 aromatic carbocycles. The number of carbonyl (C=O) groups is 4. The van der Waals surface area contributed by atoms with E-state index in [1.165, 1.54) is 16.2 Å². The minimum atomic E-state index is -1.97. The number of alkyl halides is 1. The van der Waals surface area contributed by atoms with Crippen molar-refractivity contribution in [3.63, 3.8) is 0 Å². The highest BCUT2D eigenvalue weighted by molar-refractivity contribution is 7.13. The number of β-amino-alcohol motifs (C(OH)–C–C–N with tert-alkyl or cyclic N) is 1. The van der Waals surface area contributed by atoms with Gasteiger partial charge in [0.2, 0.25) is 17.7 Å². The molecule has 2 heterocycles. The van der Waals surface area contributed by atoms with Crippen LogP contribution in [0.5, 0.6) is 0 Å². The van der Waals surface area contributed by atoms with Crippen LogP contribution in [0.3, 0.4) is 0 Å². The van der Waals surface area contributed by atoms with Crippen molar-refractivity contribution in [2.75, 3.05) is 19.6 Å². The van der Waals surface area contributed by atoms with Crippen LogP contribution in [0.4, 0.5) is 4.39 Å². The van der Waals surface area contributed by atoms with Crippen molar-refractivity contribution < 1.29 is 28.7 Å². The molecule has 2 fully saturated rings. The second-order valence-electron chi connectivity index (χ2n) is 13.1. The van der Waals surface area contributed by atoms with E-state index >= 15 is 0 Å². The number of hydrogen-bond acceptors (Lipinski definition) is 8. The fourth-order valence-electron chi connectivity index (χ4n) is 5.44. The summed E-state index contributed by atoms with van der Waals surface area (Å²) in [6.45, 7) is 8.03. The summed E-state index contributed by atoms with van der Waals surface area (Å²) in [5.41, 5.74) is 7.12. The van der Waals surface area contributed by atoms with Crippen LogP contribution in [0.25, 0.3) is 10.4 Å². The Morgan fingerprint density at radius 3 is 2.42 bits per heavy atom. The first kappa shape index (κ1) is 34.5. The third kappa shape index (κ3) is 8.65. The summed E-state index contributed by atoms with van der Waals surface area (Å²) >= 11 is 1.52. The van der Waals surface area contributed by atoms with Crippen LogP contribution in [0.2, 0.25) is 0 Å². The molecule has 1 aliphatic heterocycles. The smallest absolute Gasteiger partial charge is 0.258 e. The van der Waals surface area contributed by atoms with E-state index in [9.17, 15) is 28.7 Å². The van der Waals surface area contributed by atoms with Gasteiger partial charge in [-0.25, -0.2) is 9.37 Å². The van der Waals surface area contributed by atoms with Crippen molar-refractivity contribution in [2.45, 2.75) is 96.1 Å². The molecule has 13 heteroatoms. The lowest BCUT2D eigenvalue weighted by Crippen LogP contribution is -2.59. The molecule has 2 aliphatic rings. The minimum absolute atomic E-state index is 0.0168. The van der Waals surface area contributed by atoms with Gasteiger partial charge in [0, 0.05) is 19.5 Å². The number of likely N-dealkylation sites (tertiary alicyclic amines) is 1. The molecule has 0 bridgehead atoms. The molecule has 6 N–H and O–H groups in total. The third-order valence-corrected chi connectivity index (χ3v) is 9.31. The Bertz CT molecular complexity index is 1370. The number of carbonyl (C=O) groups excluding carboxylic acids is 4. The number of aryl methyl sites for hydroxylation is 1. The van der Waals surface area contributed by atoms with Crippen molar-refractivity contribution >= 4 is 35.0 Å². The van der Waals surface area contributed by atoms with Crippen LogP contribution in [0.15, 0.2) is 29.8 Å².